The quantitative estimate of drug-likeness (QED) is 0.773. The second-order valence-corrected chi connectivity index (χ2v) is 7.51. The van der Waals surface area contributed by atoms with Crippen LogP contribution in [0.2, 0.25) is 5.02 Å². The van der Waals surface area contributed by atoms with Crippen molar-refractivity contribution in [2.75, 3.05) is 19.6 Å². The van der Waals surface area contributed by atoms with Gasteiger partial charge in [-0.1, -0.05) is 28.9 Å². The molecule has 2 fully saturated rings. The van der Waals surface area contributed by atoms with Gasteiger partial charge in [0.25, 0.3) is 0 Å². The van der Waals surface area contributed by atoms with Gasteiger partial charge in [0.15, 0.2) is 0 Å². The molecule has 2 saturated heterocycles. The number of halogens is 1. The zero-order chi connectivity index (χ0) is 15.0. The van der Waals surface area contributed by atoms with E-state index >= 15 is 0 Å². The molecule has 2 bridgehead atoms. The van der Waals surface area contributed by atoms with E-state index in [9.17, 15) is 0 Å². The lowest BCUT2D eigenvalue weighted by molar-refractivity contribution is 0.0000307. The van der Waals surface area contributed by atoms with E-state index in [1.807, 2.05) is 32.9 Å². The Balaban J connectivity index is 1.82. The fraction of sp³-hybridized carbons (Fsp3) is 0.588. The molecule has 3 rings (SSSR count). The van der Waals surface area contributed by atoms with Crippen molar-refractivity contribution in [2.24, 2.45) is 11.1 Å². The highest BCUT2D eigenvalue weighted by molar-refractivity contribution is 6.30. The van der Waals surface area contributed by atoms with Gasteiger partial charge in [-0.3, -0.25) is 4.90 Å². The number of nitrogens with zero attached hydrogens (tertiary/aromatic N) is 2. The van der Waals surface area contributed by atoms with Gasteiger partial charge in [0.2, 0.25) is 0 Å². The van der Waals surface area contributed by atoms with Gasteiger partial charge in [-0.2, -0.15) is 0 Å². The lowest BCUT2D eigenvalue weighted by Crippen LogP contribution is -2.31. The minimum absolute atomic E-state index is 0.227. The van der Waals surface area contributed by atoms with Crippen LogP contribution in [0.3, 0.4) is 0 Å². The summed E-state index contributed by atoms with van der Waals surface area (Å²) in [5.41, 5.74) is 2.34. The van der Waals surface area contributed by atoms with Crippen molar-refractivity contribution in [1.82, 2.24) is 4.90 Å². The van der Waals surface area contributed by atoms with Crippen LogP contribution >= 0.6 is 11.6 Å². The first-order valence-electron chi connectivity index (χ1n) is 7.65. The topological polar surface area (TPSA) is 24.8 Å². The summed E-state index contributed by atoms with van der Waals surface area (Å²) < 4.78 is 0. The molecule has 3 atom stereocenters. The highest BCUT2D eigenvalue weighted by Crippen LogP contribution is 2.38. The summed E-state index contributed by atoms with van der Waals surface area (Å²) in [6, 6.07) is 8.29. The summed E-state index contributed by atoms with van der Waals surface area (Å²) in [7, 11) is 0. The molecule has 0 spiro atoms. The maximum Gasteiger partial charge on any atom is 0.129 e. The van der Waals surface area contributed by atoms with Gasteiger partial charge in [0, 0.05) is 24.0 Å². The summed E-state index contributed by atoms with van der Waals surface area (Å²) in [5.74, 6) is 1.01. The lowest BCUT2D eigenvalue weighted by atomic mass is 9.81. The van der Waals surface area contributed by atoms with E-state index in [0.717, 1.165) is 24.7 Å². The van der Waals surface area contributed by atoms with Crippen LogP contribution in [0.5, 0.6) is 0 Å². The molecule has 2 heterocycles. The molecule has 0 saturated carbocycles. The minimum Gasteiger partial charge on any atom is -0.390 e. The third-order valence-corrected chi connectivity index (χ3v) is 4.50. The van der Waals surface area contributed by atoms with Gasteiger partial charge >= 0.3 is 0 Å². The Morgan fingerprint density at radius 1 is 1.19 bits per heavy atom. The molecule has 0 aliphatic carbocycles. The molecule has 0 radical (unpaired) electrons. The molecule has 1 aromatic rings. The van der Waals surface area contributed by atoms with Crippen LogP contribution in [0.25, 0.3) is 0 Å². The van der Waals surface area contributed by atoms with E-state index in [1.54, 1.807) is 0 Å². The number of fused-ring (bicyclic) bond motifs is 2. The number of benzene rings is 1. The maximum absolute atomic E-state index is 6.01. The Hall–Kier alpha value is -1.06. The fourth-order valence-electron chi connectivity index (χ4n) is 3.25. The van der Waals surface area contributed by atoms with Gasteiger partial charge in [0.1, 0.15) is 5.60 Å². The number of rotatable bonds is 2. The van der Waals surface area contributed by atoms with Crippen LogP contribution in [0.15, 0.2) is 29.4 Å². The van der Waals surface area contributed by atoms with Crippen LogP contribution in [0, 0.1) is 5.92 Å². The van der Waals surface area contributed by atoms with Crippen LogP contribution in [0.1, 0.15) is 38.7 Å². The molecule has 114 valence electrons. The van der Waals surface area contributed by atoms with Gasteiger partial charge in [0.05, 0.1) is 5.71 Å². The highest BCUT2D eigenvalue weighted by Gasteiger charge is 2.40. The maximum atomic E-state index is 6.01. The molecular formula is C17H23ClN2O. The van der Waals surface area contributed by atoms with E-state index in [0.29, 0.717) is 11.8 Å². The van der Waals surface area contributed by atoms with Gasteiger partial charge < -0.3 is 4.84 Å². The van der Waals surface area contributed by atoms with Crippen molar-refractivity contribution in [3.05, 3.63) is 34.9 Å². The smallest absolute Gasteiger partial charge is 0.129 e. The summed E-state index contributed by atoms with van der Waals surface area (Å²) in [6.45, 7) is 9.29. The Kier molecular flexibility index (Phi) is 3.98. The Labute approximate surface area is 131 Å². The highest BCUT2D eigenvalue weighted by atomic mass is 35.5. The van der Waals surface area contributed by atoms with Crippen molar-refractivity contribution >= 4 is 17.3 Å². The predicted octanol–water partition coefficient (Wildman–Crippen LogP) is 3.93. The van der Waals surface area contributed by atoms with E-state index in [1.165, 1.54) is 17.7 Å². The summed E-state index contributed by atoms with van der Waals surface area (Å²) in [5, 5.41) is 5.28. The van der Waals surface area contributed by atoms with E-state index < -0.39 is 0 Å². The van der Waals surface area contributed by atoms with E-state index in [-0.39, 0.29) is 5.60 Å². The fourth-order valence-corrected chi connectivity index (χ4v) is 3.37. The average Bonchev–Trinajstić information content (AvgIpc) is 2.74. The first-order valence-corrected chi connectivity index (χ1v) is 8.03. The zero-order valence-corrected chi connectivity index (χ0v) is 13.7. The first-order chi connectivity index (χ1) is 9.92. The predicted molar refractivity (Wildman–Crippen MR) is 87.0 cm³/mol. The van der Waals surface area contributed by atoms with Crippen molar-refractivity contribution in [2.45, 2.75) is 38.7 Å². The monoisotopic (exact) mass is 306 g/mol. The van der Waals surface area contributed by atoms with Crippen molar-refractivity contribution in [3.63, 3.8) is 0 Å². The molecule has 2 aliphatic rings. The molecule has 0 N–H and O–H groups in total. The Bertz CT molecular complexity index is 533. The zero-order valence-electron chi connectivity index (χ0n) is 13.0. The van der Waals surface area contributed by atoms with E-state index in [4.69, 9.17) is 16.4 Å². The molecule has 4 heteroatoms. The second kappa shape index (κ2) is 5.62. The SMILES string of the molecule is CC(C)(C)O/N=C1\CN2CC[C@@H](c3ccc(Cl)cc3)C1C2. The summed E-state index contributed by atoms with van der Waals surface area (Å²) in [4.78, 5) is 8.14. The van der Waals surface area contributed by atoms with Crippen molar-refractivity contribution in [1.29, 1.82) is 0 Å². The van der Waals surface area contributed by atoms with Crippen LogP contribution in [0.4, 0.5) is 0 Å². The molecule has 2 unspecified atom stereocenters. The standard InChI is InChI=1S/C17H23ClN2O/c1-17(2,3)21-19-16-11-20-9-8-14(15(16)10-20)12-4-6-13(18)7-5-12/h4-7,14-15H,8-11H2,1-3H3/b19-16+/t14-,15?/m0/s1. The largest absolute Gasteiger partial charge is 0.390 e. The second-order valence-electron chi connectivity index (χ2n) is 7.07. The van der Waals surface area contributed by atoms with Gasteiger partial charge in [-0.25, -0.2) is 0 Å². The molecule has 0 aromatic heterocycles. The van der Waals surface area contributed by atoms with Crippen LogP contribution < -0.4 is 0 Å². The molecular weight excluding hydrogens is 284 g/mol. The normalized spacial score (nSPS) is 30.7. The minimum atomic E-state index is -0.227. The van der Waals surface area contributed by atoms with E-state index in [2.05, 4.69) is 22.2 Å². The number of hydrogen-bond acceptors (Lipinski definition) is 3. The third kappa shape index (κ3) is 3.41. The number of piperidine rings is 1. The summed E-state index contributed by atoms with van der Waals surface area (Å²) >= 11 is 6.01. The Morgan fingerprint density at radius 3 is 2.57 bits per heavy atom. The molecule has 2 aliphatic heterocycles. The third-order valence-electron chi connectivity index (χ3n) is 4.25. The molecule has 0 amide bonds. The number of hydrogen-bond donors (Lipinski definition) is 0. The van der Waals surface area contributed by atoms with Crippen LogP contribution in [-0.2, 0) is 4.84 Å². The van der Waals surface area contributed by atoms with Crippen molar-refractivity contribution < 1.29 is 4.84 Å². The molecule has 1 aromatic carbocycles. The van der Waals surface area contributed by atoms with Crippen molar-refractivity contribution in [3.8, 4) is 0 Å². The lowest BCUT2D eigenvalue weighted by Gasteiger charge is -2.30. The Morgan fingerprint density at radius 2 is 1.90 bits per heavy atom. The average molecular weight is 307 g/mol. The first kappa shape index (κ1) is 14.9. The molecule has 21 heavy (non-hydrogen) atoms. The summed E-state index contributed by atoms with van der Waals surface area (Å²) in [6.07, 6.45) is 1.18. The van der Waals surface area contributed by atoms with Gasteiger partial charge in [-0.05, 0) is 57.4 Å². The van der Waals surface area contributed by atoms with Gasteiger partial charge in [-0.15, -0.1) is 0 Å². The van der Waals surface area contributed by atoms with Crippen LogP contribution in [-0.4, -0.2) is 35.8 Å². The number of oxime groups is 1. The molecule has 3 nitrogen and oxygen atoms in total.